The summed E-state index contributed by atoms with van der Waals surface area (Å²) in [5, 5.41) is 15.7. The molecule has 0 bridgehead atoms. The van der Waals surface area contributed by atoms with Gasteiger partial charge in [-0.2, -0.15) is 5.26 Å². The van der Waals surface area contributed by atoms with Gasteiger partial charge in [0.1, 0.15) is 18.3 Å². The molecule has 0 amide bonds. The van der Waals surface area contributed by atoms with Gasteiger partial charge in [0.05, 0.1) is 29.3 Å². The Hall–Kier alpha value is -3.24. The van der Waals surface area contributed by atoms with Crippen molar-refractivity contribution in [3.63, 3.8) is 0 Å². The number of nitrogens with zero attached hydrogens (tertiary/aromatic N) is 2. The molecule has 1 atom stereocenters. The fourth-order valence-corrected chi connectivity index (χ4v) is 4.44. The summed E-state index contributed by atoms with van der Waals surface area (Å²) in [5.74, 6) is 0.505. The third-order valence-electron chi connectivity index (χ3n) is 6.23. The molecule has 180 valence electrons. The SMILES string of the molecule is C=C/C(Cl)=C(F)\C=C1/CN=C(COC(c2ccc(-c3cccc(C#N)c3)cc2)C2CCNCC2)N1. The number of aliphatic imine (C=N–C) groups is 1. The smallest absolute Gasteiger partial charge is 0.143 e. The van der Waals surface area contributed by atoms with Crippen LogP contribution in [0.15, 0.2) is 88.8 Å². The molecule has 7 heteroatoms. The number of rotatable bonds is 8. The first-order chi connectivity index (χ1) is 17.1. The maximum atomic E-state index is 14.0. The van der Waals surface area contributed by atoms with Crippen LogP contribution in [0.25, 0.3) is 11.1 Å². The standard InChI is InChI=1S/C28H28ClFN4O/c1-2-25(29)26(30)15-24-17-33-27(34-24)18-35-28(22-10-12-32-13-11-22)21-8-6-20(7-9-21)23-5-3-4-19(14-23)16-31/h2-9,14-15,22,28,32H,1,10-13,17-18H2,(H,33,34)/b24-15+,26-25-. The predicted octanol–water partition coefficient (Wildman–Crippen LogP) is 5.77. The van der Waals surface area contributed by atoms with E-state index in [2.05, 4.69) is 52.5 Å². The quantitative estimate of drug-likeness (QED) is 0.460. The monoisotopic (exact) mass is 490 g/mol. The molecular weight excluding hydrogens is 463 g/mol. The van der Waals surface area contributed by atoms with Gasteiger partial charge >= 0.3 is 0 Å². The number of ether oxygens (including phenoxy) is 1. The summed E-state index contributed by atoms with van der Waals surface area (Å²) in [5.41, 5.74) is 4.45. The average Bonchev–Trinajstić information content (AvgIpc) is 3.36. The van der Waals surface area contributed by atoms with Crippen molar-refractivity contribution in [1.29, 1.82) is 5.26 Å². The van der Waals surface area contributed by atoms with E-state index in [9.17, 15) is 9.65 Å². The topological polar surface area (TPSA) is 69.4 Å². The second kappa shape index (κ2) is 11.9. The van der Waals surface area contributed by atoms with Crippen LogP contribution in [-0.4, -0.2) is 32.1 Å². The largest absolute Gasteiger partial charge is 0.365 e. The Balaban J connectivity index is 1.47. The van der Waals surface area contributed by atoms with E-state index in [0.717, 1.165) is 42.6 Å². The summed E-state index contributed by atoms with van der Waals surface area (Å²) >= 11 is 5.79. The highest BCUT2D eigenvalue weighted by Crippen LogP contribution is 2.33. The molecule has 2 aromatic rings. The Morgan fingerprint density at radius 3 is 2.71 bits per heavy atom. The third-order valence-corrected chi connectivity index (χ3v) is 6.56. The van der Waals surface area contributed by atoms with Crippen LogP contribution < -0.4 is 10.6 Å². The van der Waals surface area contributed by atoms with Crippen molar-refractivity contribution in [1.82, 2.24) is 10.6 Å². The molecule has 2 N–H and O–H groups in total. The van der Waals surface area contributed by atoms with E-state index in [-0.39, 0.29) is 11.1 Å². The first-order valence-corrected chi connectivity index (χ1v) is 12.1. The van der Waals surface area contributed by atoms with Crippen molar-refractivity contribution in [2.75, 3.05) is 26.2 Å². The molecule has 4 rings (SSSR count). The lowest BCUT2D eigenvalue weighted by atomic mass is 9.87. The van der Waals surface area contributed by atoms with Crippen LogP contribution in [-0.2, 0) is 4.74 Å². The molecule has 0 spiro atoms. The van der Waals surface area contributed by atoms with Crippen LogP contribution in [0, 0.1) is 17.2 Å². The van der Waals surface area contributed by atoms with Gasteiger partial charge in [-0.1, -0.05) is 54.6 Å². The van der Waals surface area contributed by atoms with Gasteiger partial charge in [-0.15, -0.1) is 0 Å². The van der Waals surface area contributed by atoms with Crippen molar-refractivity contribution in [3.8, 4) is 17.2 Å². The molecule has 1 unspecified atom stereocenters. The van der Waals surface area contributed by atoms with E-state index in [1.165, 1.54) is 12.2 Å². The molecule has 2 heterocycles. The van der Waals surface area contributed by atoms with E-state index >= 15 is 0 Å². The predicted molar refractivity (Wildman–Crippen MR) is 139 cm³/mol. The summed E-state index contributed by atoms with van der Waals surface area (Å²) in [4.78, 5) is 4.45. The number of allylic oxidation sites excluding steroid dienone is 4. The minimum atomic E-state index is -0.547. The number of halogens is 2. The third kappa shape index (κ3) is 6.46. The summed E-state index contributed by atoms with van der Waals surface area (Å²) in [6.07, 6.45) is 4.57. The number of hydrogen-bond acceptors (Lipinski definition) is 5. The van der Waals surface area contributed by atoms with Gasteiger partial charge in [-0.25, -0.2) is 4.39 Å². The molecule has 5 nitrogen and oxygen atoms in total. The maximum Gasteiger partial charge on any atom is 0.143 e. The summed E-state index contributed by atoms with van der Waals surface area (Å²) in [6.45, 7) is 6.06. The van der Waals surface area contributed by atoms with E-state index < -0.39 is 5.83 Å². The highest BCUT2D eigenvalue weighted by Gasteiger charge is 2.27. The summed E-state index contributed by atoms with van der Waals surface area (Å²) in [6, 6.07) is 18.2. The molecular formula is C28H28ClFN4O. The molecule has 0 aromatic heterocycles. The minimum absolute atomic E-state index is 0.0298. The Labute approximate surface area is 210 Å². The molecule has 2 aliphatic heterocycles. The van der Waals surface area contributed by atoms with Gasteiger partial charge in [-0.3, -0.25) is 4.99 Å². The lowest BCUT2D eigenvalue weighted by Crippen LogP contribution is -2.33. The normalized spacial score (nSPS) is 18.9. The van der Waals surface area contributed by atoms with Crippen molar-refractivity contribution in [3.05, 3.63) is 94.9 Å². The average molecular weight is 491 g/mol. The number of nitrogens with one attached hydrogen (secondary N) is 2. The number of piperidine rings is 1. The Bertz CT molecular complexity index is 1190. The van der Waals surface area contributed by atoms with E-state index in [1.54, 1.807) is 6.07 Å². The van der Waals surface area contributed by atoms with Crippen molar-refractivity contribution in [2.45, 2.75) is 18.9 Å². The van der Waals surface area contributed by atoms with Crippen LogP contribution >= 0.6 is 11.6 Å². The zero-order chi connectivity index (χ0) is 24.6. The van der Waals surface area contributed by atoms with Crippen molar-refractivity contribution >= 4 is 17.4 Å². The fourth-order valence-electron chi connectivity index (χ4n) is 4.38. The molecule has 2 aliphatic rings. The van der Waals surface area contributed by atoms with Crippen molar-refractivity contribution in [2.24, 2.45) is 10.9 Å². The highest BCUT2D eigenvalue weighted by atomic mass is 35.5. The lowest BCUT2D eigenvalue weighted by molar-refractivity contribution is 0.0216. The molecule has 35 heavy (non-hydrogen) atoms. The van der Waals surface area contributed by atoms with Crippen LogP contribution in [0.5, 0.6) is 0 Å². The van der Waals surface area contributed by atoms with Crippen LogP contribution in [0.4, 0.5) is 4.39 Å². The van der Waals surface area contributed by atoms with Crippen LogP contribution in [0.2, 0.25) is 0 Å². The molecule has 1 saturated heterocycles. The van der Waals surface area contributed by atoms with Crippen LogP contribution in [0.1, 0.15) is 30.1 Å². The Kier molecular flexibility index (Phi) is 8.49. The fraction of sp³-hybridized carbons (Fsp3) is 0.286. The number of amidine groups is 1. The van der Waals surface area contributed by atoms with Gasteiger partial charge in [0.2, 0.25) is 0 Å². The Morgan fingerprint density at radius 1 is 1.23 bits per heavy atom. The molecule has 0 radical (unpaired) electrons. The summed E-state index contributed by atoms with van der Waals surface area (Å²) < 4.78 is 20.4. The Morgan fingerprint density at radius 2 is 2.00 bits per heavy atom. The molecule has 0 aliphatic carbocycles. The highest BCUT2D eigenvalue weighted by molar-refractivity contribution is 6.31. The van der Waals surface area contributed by atoms with Gasteiger partial charge in [-0.05, 0) is 72.8 Å². The van der Waals surface area contributed by atoms with E-state index in [0.29, 0.717) is 36.2 Å². The van der Waals surface area contributed by atoms with Crippen molar-refractivity contribution < 1.29 is 9.13 Å². The van der Waals surface area contributed by atoms with E-state index in [1.807, 2.05) is 18.2 Å². The number of nitriles is 1. The molecule has 2 aromatic carbocycles. The van der Waals surface area contributed by atoms with Gasteiger partial charge in [0, 0.05) is 5.70 Å². The zero-order valence-electron chi connectivity index (χ0n) is 19.4. The lowest BCUT2D eigenvalue weighted by Gasteiger charge is -2.31. The zero-order valence-corrected chi connectivity index (χ0v) is 20.2. The maximum absolute atomic E-state index is 14.0. The van der Waals surface area contributed by atoms with Gasteiger partial charge < -0.3 is 15.4 Å². The van der Waals surface area contributed by atoms with E-state index in [4.69, 9.17) is 16.3 Å². The first-order valence-electron chi connectivity index (χ1n) is 11.7. The molecule has 0 saturated carbocycles. The minimum Gasteiger partial charge on any atom is -0.365 e. The first kappa shape index (κ1) is 24.9. The second-order valence-electron chi connectivity index (χ2n) is 8.59. The second-order valence-corrected chi connectivity index (χ2v) is 9.00. The van der Waals surface area contributed by atoms with Gasteiger partial charge in [0.25, 0.3) is 0 Å². The summed E-state index contributed by atoms with van der Waals surface area (Å²) in [7, 11) is 0. The number of hydrogen-bond donors (Lipinski definition) is 2. The van der Waals surface area contributed by atoms with Crippen LogP contribution in [0.3, 0.4) is 0 Å². The van der Waals surface area contributed by atoms with Gasteiger partial charge in [0.15, 0.2) is 0 Å². The molecule has 1 fully saturated rings. The number of benzene rings is 2.